The van der Waals surface area contributed by atoms with Crippen LogP contribution in [0.2, 0.25) is 0 Å². The van der Waals surface area contributed by atoms with Crippen molar-refractivity contribution in [2.24, 2.45) is 0 Å². The minimum absolute atomic E-state index is 0.205. The quantitative estimate of drug-likeness (QED) is 0.485. The summed E-state index contributed by atoms with van der Waals surface area (Å²) in [7, 11) is 0. The van der Waals surface area contributed by atoms with Crippen molar-refractivity contribution in [1.29, 1.82) is 0 Å². The number of aryl methyl sites for hydroxylation is 1. The molecule has 1 radical (unpaired) electrons. The number of ether oxygens (including phenoxy) is 2. The fourth-order valence-electron chi connectivity index (χ4n) is 2.98. The van der Waals surface area contributed by atoms with Gasteiger partial charge in [0.05, 0.1) is 11.1 Å². The highest BCUT2D eigenvalue weighted by atomic mass is 16.6. The third-order valence-corrected chi connectivity index (χ3v) is 4.43. The second kappa shape index (κ2) is 7.92. The molecule has 0 saturated heterocycles. The number of rotatable bonds is 4. The Hall–Kier alpha value is -3.66. The maximum Gasteiger partial charge on any atom is 0.343 e. The lowest BCUT2D eigenvalue weighted by Gasteiger charge is -2.16. The van der Waals surface area contributed by atoms with Gasteiger partial charge in [-0.2, -0.15) is 0 Å². The molecule has 0 unspecified atom stereocenters. The summed E-state index contributed by atoms with van der Waals surface area (Å²) in [6.45, 7) is 0. The molecule has 28 heavy (non-hydrogen) atoms. The van der Waals surface area contributed by atoms with Gasteiger partial charge in [-0.25, -0.2) is 9.59 Å². The number of carbonyl (C=O) groups excluding carboxylic acids is 2. The van der Waals surface area contributed by atoms with E-state index in [1.54, 1.807) is 60.7 Å². The van der Waals surface area contributed by atoms with E-state index in [1.807, 2.05) is 18.2 Å². The third-order valence-electron chi connectivity index (χ3n) is 4.43. The normalized spacial score (nSPS) is 12.1. The van der Waals surface area contributed by atoms with Gasteiger partial charge in [-0.3, -0.25) is 0 Å². The van der Waals surface area contributed by atoms with E-state index >= 15 is 0 Å². The number of hydrogen-bond donors (Lipinski definition) is 0. The lowest BCUT2D eigenvalue weighted by molar-refractivity contribution is 0.0682. The Balaban J connectivity index is 1.67. The highest BCUT2D eigenvalue weighted by Crippen LogP contribution is 2.35. The van der Waals surface area contributed by atoms with Crippen molar-refractivity contribution in [3.05, 3.63) is 101 Å². The van der Waals surface area contributed by atoms with E-state index in [-0.39, 0.29) is 11.5 Å². The molecule has 4 rings (SSSR count). The molecule has 0 aliphatic heterocycles. The fourth-order valence-corrected chi connectivity index (χ4v) is 2.98. The minimum Gasteiger partial charge on any atom is -0.419 e. The van der Waals surface area contributed by atoms with Crippen LogP contribution in [-0.2, 0) is 6.42 Å². The molecule has 3 aromatic rings. The molecule has 0 heterocycles. The third kappa shape index (κ3) is 3.86. The van der Waals surface area contributed by atoms with Crippen LogP contribution in [0, 0.1) is 6.08 Å². The zero-order chi connectivity index (χ0) is 19.3. The Morgan fingerprint density at radius 1 is 0.750 bits per heavy atom. The molecular formula is C24H17O4. The highest BCUT2D eigenvalue weighted by molar-refractivity contribution is 5.93. The average molecular weight is 369 g/mol. The van der Waals surface area contributed by atoms with Crippen molar-refractivity contribution < 1.29 is 19.1 Å². The van der Waals surface area contributed by atoms with Gasteiger partial charge in [0.15, 0.2) is 11.5 Å². The van der Waals surface area contributed by atoms with E-state index in [4.69, 9.17) is 9.47 Å². The Morgan fingerprint density at radius 3 is 1.86 bits per heavy atom. The van der Waals surface area contributed by atoms with Crippen LogP contribution in [0.5, 0.6) is 11.5 Å². The topological polar surface area (TPSA) is 52.6 Å². The van der Waals surface area contributed by atoms with Crippen molar-refractivity contribution in [3.63, 3.8) is 0 Å². The van der Waals surface area contributed by atoms with Gasteiger partial charge < -0.3 is 9.47 Å². The summed E-state index contributed by atoms with van der Waals surface area (Å²) in [6, 6.07) is 20.9. The first-order valence-electron chi connectivity index (χ1n) is 8.99. The molecule has 0 atom stereocenters. The molecule has 0 fully saturated rings. The number of hydrogen-bond acceptors (Lipinski definition) is 4. The zero-order valence-corrected chi connectivity index (χ0v) is 15.1. The van der Waals surface area contributed by atoms with Crippen LogP contribution in [0.25, 0.3) is 6.08 Å². The molecule has 4 heteroatoms. The summed E-state index contributed by atoms with van der Waals surface area (Å²) < 4.78 is 11.2. The minimum atomic E-state index is -0.513. The Kier molecular flexibility index (Phi) is 5.02. The Bertz CT molecular complexity index is 1040. The van der Waals surface area contributed by atoms with Gasteiger partial charge in [-0.05, 0) is 66.4 Å². The van der Waals surface area contributed by atoms with Crippen molar-refractivity contribution >= 4 is 18.0 Å². The SMILES string of the molecule is O=C(Oc1cc2c(cc1OC(=O)c1ccccc1)CC[C]=C2)c1ccccc1. The van der Waals surface area contributed by atoms with E-state index in [0.717, 1.165) is 24.0 Å². The summed E-state index contributed by atoms with van der Waals surface area (Å²) in [5.41, 5.74) is 2.77. The molecule has 0 amide bonds. The first-order chi connectivity index (χ1) is 13.7. The molecule has 0 saturated carbocycles. The summed E-state index contributed by atoms with van der Waals surface area (Å²) in [5, 5.41) is 0. The molecule has 0 spiro atoms. The van der Waals surface area contributed by atoms with Gasteiger partial charge in [0.2, 0.25) is 0 Å². The van der Waals surface area contributed by atoms with Gasteiger partial charge in [0.25, 0.3) is 0 Å². The lowest BCUT2D eigenvalue weighted by atomic mass is 9.97. The predicted molar refractivity (Wildman–Crippen MR) is 105 cm³/mol. The zero-order valence-electron chi connectivity index (χ0n) is 15.1. The van der Waals surface area contributed by atoms with E-state index in [2.05, 4.69) is 6.08 Å². The molecule has 3 aromatic carbocycles. The van der Waals surface area contributed by atoms with E-state index in [0.29, 0.717) is 11.1 Å². The van der Waals surface area contributed by atoms with Crippen molar-refractivity contribution in [3.8, 4) is 11.5 Å². The van der Waals surface area contributed by atoms with Crippen LogP contribution >= 0.6 is 0 Å². The average Bonchev–Trinajstić information content (AvgIpc) is 2.75. The largest absolute Gasteiger partial charge is 0.419 e. The summed E-state index contributed by atoms with van der Waals surface area (Å²) in [6.07, 6.45) is 6.61. The monoisotopic (exact) mass is 369 g/mol. The molecule has 0 bridgehead atoms. The van der Waals surface area contributed by atoms with Crippen LogP contribution in [-0.4, -0.2) is 11.9 Å². The summed E-state index contributed by atoms with van der Waals surface area (Å²) in [4.78, 5) is 25.0. The highest BCUT2D eigenvalue weighted by Gasteiger charge is 2.19. The van der Waals surface area contributed by atoms with Gasteiger partial charge in [0, 0.05) is 0 Å². The molecule has 1 aliphatic rings. The second-order valence-corrected chi connectivity index (χ2v) is 6.36. The molecule has 137 valence electrons. The van der Waals surface area contributed by atoms with Crippen LogP contribution in [0.4, 0.5) is 0 Å². The molecule has 1 aliphatic carbocycles. The molecule has 0 N–H and O–H groups in total. The summed E-state index contributed by atoms with van der Waals surface area (Å²) >= 11 is 0. The van der Waals surface area contributed by atoms with Crippen molar-refractivity contribution in [1.82, 2.24) is 0 Å². The standard InChI is InChI=1S/C24H17O4/c25-23(17-9-3-1-4-10-17)27-21-15-19-13-7-8-14-20(19)16-22(21)28-24(26)18-11-5-2-6-12-18/h1-6,9-12,14-16H,7,13H2. The maximum atomic E-state index is 12.5. The number of benzene rings is 3. The Labute approximate surface area is 163 Å². The number of carbonyl (C=O) groups is 2. The van der Waals surface area contributed by atoms with Gasteiger partial charge in [-0.15, -0.1) is 0 Å². The first kappa shape index (κ1) is 17.7. The van der Waals surface area contributed by atoms with Crippen LogP contribution in [0.3, 0.4) is 0 Å². The van der Waals surface area contributed by atoms with Gasteiger partial charge in [0.1, 0.15) is 0 Å². The lowest BCUT2D eigenvalue weighted by Crippen LogP contribution is -2.13. The molecule has 0 aromatic heterocycles. The number of esters is 2. The maximum absolute atomic E-state index is 12.5. The van der Waals surface area contributed by atoms with Crippen LogP contribution in [0.1, 0.15) is 38.3 Å². The second-order valence-electron chi connectivity index (χ2n) is 6.36. The number of fused-ring (bicyclic) bond motifs is 1. The smallest absolute Gasteiger partial charge is 0.343 e. The van der Waals surface area contributed by atoms with Crippen LogP contribution < -0.4 is 9.47 Å². The number of allylic oxidation sites excluding steroid dienone is 1. The van der Waals surface area contributed by atoms with Crippen LogP contribution in [0.15, 0.2) is 72.8 Å². The van der Waals surface area contributed by atoms with Crippen molar-refractivity contribution in [2.75, 3.05) is 0 Å². The first-order valence-corrected chi connectivity index (χ1v) is 8.99. The van der Waals surface area contributed by atoms with E-state index < -0.39 is 11.9 Å². The fraction of sp³-hybridized carbons (Fsp3) is 0.0833. The van der Waals surface area contributed by atoms with Crippen molar-refractivity contribution in [2.45, 2.75) is 12.8 Å². The van der Waals surface area contributed by atoms with E-state index in [9.17, 15) is 9.59 Å². The van der Waals surface area contributed by atoms with Gasteiger partial charge >= 0.3 is 11.9 Å². The molecular weight excluding hydrogens is 352 g/mol. The molecule has 4 nitrogen and oxygen atoms in total. The predicted octanol–water partition coefficient (Wildman–Crippen LogP) is 4.89. The summed E-state index contributed by atoms with van der Waals surface area (Å²) in [5.74, 6) is -0.583. The van der Waals surface area contributed by atoms with E-state index in [1.165, 1.54) is 0 Å². The Morgan fingerprint density at radius 2 is 1.29 bits per heavy atom. The van der Waals surface area contributed by atoms with Gasteiger partial charge in [-0.1, -0.05) is 42.5 Å².